The summed E-state index contributed by atoms with van der Waals surface area (Å²) >= 11 is 0. The SMILES string of the molecule is C/C=C/COc1cc(C)c(OCCCCCCOc2ccc(OC/C=N/OC)cc2)c(C)c1. The molecule has 0 aliphatic carbocycles. The number of nitrogens with zero attached hydrogens (tertiary/aromatic N) is 1. The van der Waals surface area contributed by atoms with Gasteiger partial charge in [-0.2, -0.15) is 0 Å². The average molecular weight is 456 g/mol. The minimum Gasteiger partial charge on any atom is -0.494 e. The summed E-state index contributed by atoms with van der Waals surface area (Å²) in [5.41, 5.74) is 2.22. The summed E-state index contributed by atoms with van der Waals surface area (Å²) in [6.45, 7) is 8.50. The molecule has 0 amide bonds. The van der Waals surface area contributed by atoms with Gasteiger partial charge in [-0.1, -0.05) is 17.3 Å². The van der Waals surface area contributed by atoms with Gasteiger partial charge in [0.05, 0.1) is 19.4 Å². The summed E-state index contributed by atoms with van der Waals surface area (Å²) in [5.74, 6) is 3.47. The van der Waals surface area contributed by atoms with E-state index in [0.717, 1.165) is 66.4 Å². The van der Waals surface area contributed by atoms with Gasteiger partial charge in [0.15, 0.2) is 0 Å². The molecule has 0 spiro atoms. The third kappa shape index (κ3) is 10.3. The molecule has 2 aromatic carbocycles. The van der Waals surface area contributed by atoms with E-state index in [9.17, 15) is 0 Å². The first kappa shape index (κ1) is 26.1. The number of ether oxygens (including phenoxy) is 4. The van der Waals surface area contributed by atoms with Crippen LogP contribution in [-0.2, 0) is 4.84 Å². The second kappa shape index (κ2) is 15.6. The Bertz CT molecular complexity index is 838. The Labute approximate surface area is 198 Å². The predicted molar refractivity (Wildman–Crippen MR) is 133 cm³/mol. The summed E-state index contributed by atoms with van der Waals surface area (Å²) in [6.07, 6.45) is 9.81. The first-order valence-electron chi connectivity index (χ1n) is 11.5. The molecular formula is C27H37NO5. The van der Waals surface area contributed by atoms with E-state index in [0.29, 0.717) is 19.8 Å². The van der Waals surface area contributed by atoms with Crippen molar-refractivity contribution >= 4 is 6.21 Å². The lowest BCUT2D eigenvalue weighted by molar-refractivity contribution is 0.212. The molecule has 0 unspecified atom stereocenters. The van der Waals surface area contributed by atoms with Gasteiger partial charge in [0.25, 0.3) is 0 Å². The molecule has 0 radical (unpaired) electrons. The third-order valence-corrected chi connectivity index (χ3v) is 4.90. The number of aryl methyl sites for hydroxylation is 2. The van der Waals surface area contributed by atoms with E-state index in [-0.39, 0.29) is 0 Å². The van der Waals surface area contributed by atoms with Gasteiger partial charge in [-0.3, -0.25) is 0 Å². The van der Waals surface area contributed by atoms with Crippen molar-refractivity contribution in [2.45, 2.75) is 46.5 Å². The maximum absolute atomic E-state index is 6.05. The topological polar surface area (TPSA) is 58.5 Å². The van der Waals surface area contributed by atoms with Crippen molar-refractivity contribution in [2.24, 2.45) is 5.16 Å². The van der Waals surface area contributed by atoms with Crippen molar-refractivity contribution in [3.8, 4) is 23.0 Å². The Morgan fingerprint density at radius 3 is 1.91 bits per heavy atom. The highest BCUT2D eigenvalue weighted by molar-refractivity contribution is 5.58. The molecule has 0 heterocycles. The van der Waals surface area contributed by atoms with Crippen molar-refractivity contribution in [3.05, 3.63) is 59.7 Å². The maximum Gasteiger partial charge on any atom is 0.127 e. The molecule has 0 aliphatic rings. The number of benzene rings is 2. The molecular weight excluding hydrogens is 418 g/mol. The lowest BCUT2D eigenvalue weighted by Crippen LogP contribution is -2.03. The summed E-state index contributed by atoms with van der Waals surface area (Å²) < 4.78 is 23.1. The molecule has 2 rings (SSSR count). The van der Waals surface area contributed by atoms with Crippen LogP contribution < -0.4 is 18.9 Å². The van der Waals surface area contributed by atoms with Crippen LogP contribution in [0.5, 0.6) is 23.0 Å². The van der Waals surface area contributed by atoms with E-state index in [1.54, 1.807) is 6.21 Å². The van der Waals surface area contributed by atoms with E-state index in [4.69, 9.17) is 18.9 Å². The first-order valence-corrected chi connectivity index (χ1v) is 11.5. The minimum absolute atomic E-state index is 0.369. The highest BCUT2D eigenvalue weighted by Gasteiger charge is 2.07. The van der Waals surface area contributed by atoms with Crippen LogP contribution in [0.25, 0.3) is 0 Å². The van der Waals surface area contributed by atoms with Crippen LogP contribution in [-0.4, -0.2) is 39.8 Å². The average Bonchev–Trinajstić information content (AvgIpc) is 2.81. The van der Waals surface area contributed by atoms with Crippen LogP contribution >= 0.6 is 0 Å². The molecule has 0 aliphatic heterocycles. The van der Waals surface area contributed by atoms with Gasteiger partial charge in [0, 0.05) is 0 Å². The molecule has 2 aromatic rings. The fourth-order valence-corrected chi connectivity index (χ4v) is 3.25. The summed E-state index contributed by atoms with van der Waals surface area (Å²) in [6, 6.07) is 11.7. The molecule has 33 heavy (non-hydrogen) atoms. The van der Waals surface area contributed by atoms with Crippen LogP contribution in [0.2, 0.25) is 0 Å². The standard InChI is InChI=1S/C27H37NO5/c1-5-6-16-31-26-20-22(2)27(23(3)21-26)33-18-10-8-7-9-17-30-24-11-13-25(14-12-24)32-19-15-28-29-4/h5-6,11-15,20-21H,7-10,16-19H2,1-4H3/b6-5+,28-15+. The molecule has 0 N–H and O–H groups in total. The lowest BCUT2D eigenvalue weighted by Gasteiger charge is -2.14. The number of unbranched alkanes of at least 4 members (excludes halogenated alkanes) is 3. The van der Waals surface area contributed by atoms with Gasteiger partial charge in [0.2, 0.25) is 0 Å². The van der Waals surface area contributed by atoms with Crippen LogP contribution in [0.1, 0.15) is 43.7 Å². The van der Waals surface area contributed by atoms with E-state index in [2.05, 4.69) is 23.8 Å². The molecule has 180 valence electrons. The number of rotatable bonds is 16. The Kier molecular flexibility index (Phi) is 12.4. The fourth-order valence-electron chi connectivity index (χ4n) is 3.25. The molecule has 0 saturated heterocycles. The normalized spacial score (nSPS) is 11.2. The number of hydrogen-bond donors (Lipinski definition) is 0. The smallest absolute Gasteiger partial charge is 0.127 e. The Hall–Kier alpha value is -3.15. The van der Waals surface area contributed by atoms with Gasteiger partial charge in [0.1, 0.15) is 43.3 Å². The zero-order valence-electron chi connectivity index (χ0n) is 20.3. The molecule has 0 saturated carbocycles. The van der Waals surface area contributed by atoms with Gasteiger partial charge in [-0.25, -0.2) is 0 Å². The Morgan fingerprint density at radius 1 is 0.727 bits per heavy atom. The van der Waals surface area contributed by atoms with Crippen LogP contribution in [0, 0.1) is 13.8 Å². The monoisotopic (exact) mass is 455 g/mol. The summed E-state index contributed by atoms with van der Waals surface area (Å²) in [7, 11) is 1.50. The molecule has 0 fully saturated rings. The van der Waals surface area contributed by atoms with Crippen molar-refractivity contribution in [2.75, 3.05) is 33.5 Å². The summed E-state index contributed by atoms with van der Waals surface area (Å²) in [5, 5.41) is 3.63. The molecule has 6 heteroatoms. The van der Waals surface area contributed by atoms with Crippen molar-refractivity contribution in [3.63, 3.8) is 0 Å². The predicted octanol–water partition coefficient (Wildman–Crippen LogP) is 6.29. The van der Waals surface area contributed by atoms with Gasteiger partial charge in [-0.15, -0.1) is 0 Å². The number of allylic oxidation sites excluding steroid dienone is 1. The molecule has 0 aromatic heterocycles. The number of oxime groups is 1. The Morgan fingerprint density at radius 2 is 1.30 bits per heavy atom. The Balaban J connectivity index is 1.57. The maximum atomic E-state index is 6.05. The largest absolute Gasteiger partial charge is 0.494 e. The molecule has 0 atom stereocenters. The second-order valence-electron chi connectivity index (χ2n) is 7.63. The zero-order valence-corrected chi connectivity index (χ0v) is 20.3. The van der Waals surface area contributed by atoms with Gasteiger partial charge < -0.3 is 23.8 Å². The fraction of sp³-hybridized carbons (Fsp3) is 0.444. The second-order valence-corrected chi connectivity index (χ2v) is 7.63. The van der Waals surface area contributed by atoms with Crippen LogP contribution in [0.3, 0.4) is 0 Å². The minimum atomic E-state index is 0.369. The number of hydrogen-bond acceptors (Lipinski definition) is 6. The first-order chi connectivity index (χ1) is 16.1. The van der Waals surface area contributed by atoms with Crippen LogP contribution in [0.4, 0.5) is 0 Å². The summed E-state index contributed by atoms with van der Waals surface area (Å²) in [4.78, 5) is 4.59. The van der Waals surface area contributed by atoms with Crippen molar-refractivity contribution in [1.29, 1.82) is 0 Å². The molecule has 0 bridgehead atoms. The highest BCUT2D eigenvalue weighted by atomic mass is 16.6. The molecule has 6 nitrogen and oxygen atoms in total. The van der Waals surface area contributed by atoms with Crippen molar-refractivity contribution < 1.29 is 23.8 Å². The lowest BCUT2D eigenvalue weighted by atomic mass is 10.1. The van der Waals surface area contributed by atoms with Crippen LogP contribution in [0.15, 0.2) is 53.7 Å². The van der Waals surface area contributed by atoms with Gasteiger partial charge >= 0.3 is 0 Å². The third-order valence-electron chi connectivity index (χ3n) is 4.90. The zero-order chi connectivity index (χ0) is 23.7. The van der Waals surface area contributed by atoms with E-state index >= 15 is 0 Å². The van der Waals surface area contributed by atoms with E-state index in [1.165, 1.54) is 7.11 Å². The van der Waals surface area contributed by atoms with Crippen molar-refractivity contribution in [1.82, 2.24) is 0 Å². The van der Waals surface area contributed by atoms with Gasteiger partial charge in [-0.05, 0) is 94.0 Å². The van der Waals surface area contributed by atoms with E-state index in [1.807, 2.05) is 55.5 Å². The highest BCUT2D eigenvalue weighted by Crippen LogP contribution is 2.28. The van der Waals surface area contributed by atoms with E-state index < -0.39 is 0 Å². The quantitative estimate of drug-likeness (QED) is 0.129.